The fourth-order valence-electron chi connectivity index (χ4n) is 2.00. The van der Waals surface area contributed by atoms with Gasteiger partial charge in [0.05, 0.1) is 5.92 Å². The number of amides is 1. The van der Waals surface area contributed by atoms with Crippen molar-refractivity contribution in [1.82, 2.24) is 9.88 Å². The van der Waals surface area contributed by atoms with Crippen LogP contribution in [0.5, 0.6) is 0 Å². The predicted octanol–water partition coefficient (Wildman–Crippen LogP) is 1.53. The number of hydrogen-bond acceptors (Lipinski definition) is 3. The lowest BCUT2D eigenvalue weighted by molar-refractivity contribution is -0.142. The van der Waals surface area contributed by atoms with E-state index in [1.807, 2.05) is 0 Å². The van der Waals surface area contributed by atoms with E-state index in [0.29, 0.717) is 5.56 Å². The first-order chi connectivity index (χ1) is 9.27. The van der Waals surface area contributed by atoms with Gasteiger partial charge in [0.2, 0.25) is 5.91 Å². The Kier molecular flexibility index (Phi) is 3.65. The number of carbonyl (C=O) groups is 2. The molecule has 0 aromatic carbocycles. The second-order valence-corrected chi connectivity index (χ2v) is 4.56. The molecule has 2 rings (SSSR count). The lowest BCUT2D eigenvalue weighted by Crippen LogP contribution is -2.25. The second kappa shape index (κ2) is 5.10. The van der Waals surface area contributed by atoms with Gasteiger partial charge in [-0.15, -0.1) is 0 Å². The Bertz CT molecular complexity index is 528. The summed E-state index contributed by atoms with van der Waals surface area (Å²) in [6.45, 7) is 0.128. The first-order valence-electron chi connectivity index (χ1n) is 5.80. The number of carboxylic acids is 1. The number of alkyl halides is 3. The highest BCUT2D eigenvalue weighted by atomic mass is 19.4. The van der Waals surface area contributed by atoms with Gasteiger partial charge in [0.25, 0.3) is 0 Å². The summed E-state index contributed by atoms with van der Waals surface area (Å²) in [7, 11) is 0. The normalized spacial score (nSPS) is 19.4. The Hall–Kier alpha value is -2.12. The summed E-state index contributed by atoms with van der Waals surface area (Å²) >= 11 is 0. The van der Waals surface area contributed by atoms with Gasteiger partial charge in [-0.25, -0.2) is 0 Å². The molecular weight excluding hydrogens is 277 g/mol. The number of likely N-dealkylation sites (tertiary alicyclic amines) is 1. The fraction of sp³-hybridized carbons (Fsp3) is 0.417. The Morgan fingerprint density at radius 2 is 2.15 bits per heavy atom. The molecule has 2 heterocycles. The standard InChI is InChI=1S/C12H11F3N2O3/c13-12(14,15)9-2-1-7(4-16-9)5-17-6-8(11(19)20)3-10(17)18/h1-2,4,8H,3,5-6H2,(H,19,20)/t8-/m1/s1. The lowest BCUT2D eigenvalue weighted by Gasteiger charge is -2.16. The molecule has 5 nitrogen and oxygen atoms in total. The zero-order valence-corrected chi connectivity index (χ0v) is 10.2. The van der Waals surface area contributed by atoms with Crippen LogP contribution in [0.2, 0.25) is 0 Å². The van der Waals surface area contributed by atoms with Crippen molar-refractivity contribution in [3.05, 3.63) is 29.6 Å². The van der Waals surface area contributed by atoms with E-state index in [1.165, 1.54) is 11.0 Å². The monoisotopic (exact) mass is 288 g/mol. The van der Waals surface area contributed by atoms with E-state index >= 15 is 0 Å². The number of hydrogen-bond donors (Lipinski definition) is 1. The van der Waals surface area contributed by atoms with Gasteiger partial charge in [-0.3, -0.25) is 14.6 Å². The van der Waals surface area contributed by atoms with E-state index in [1.54, 1.807) is 0 Å². The highest BCUT2D eigenvalue weighted by Crippen LogP contribution is 2.27. The molecule has 20 heavy (non-hydrogen) atoms. The molecule has 1 aromatic rings. The number of carboxylic acid groups (broad SMARTS) is 1. The number of halogens is 3. The van der Waals surface area contributed by atoms with E-state index in [0.717, 1.165) is 12.3 Å². The first kappa shape index (κ1) is 14.3. The zero-order chi connectivity index (χ0) is 14.9. The molecule has 108 valence electrons. The largest absolute Gasteiger partial charge is 0.481 e. The highest BCUT2D eigenvalue weighted by Gasteiger charge is 2.35. The predicted molar refractivity (Wildman–Crippen MR) is 60.4 cm³/mol. The molecule has 0 aliphatic carbocycles. The summed E-state index contributed by atoms with van der Waals surface area (Å²) in [6.07, 6.45) is -3.54. The average molecular weight is 288 g/mol. The maximum Gasteiger partial charge on any atom is 0.433 e. The van der Waals surface area contributed by atoms with E-state index < -0.39 is 23.8 Å². The average Bonchev–Trinajstić information content (AvgIpc) is 2.71. The third kappa shape index (κ3) is 3.06. The van der Waals surface area contributed by atoms with Crippen LogP contribution in [0.15, 0.2) is 18.3 Å². The summed E-state index contributed by atoms with van der Waals surface area (Å²) in [6, 6.07) is 2.07. The number of carbonyl (C=O) groups excluding carboxylic acids is 1. The zero-order valence-electron chi connectivity index (χ0n) is 10.2. The molecule has 1 fully saturated rings. The smallest absolute Gasteiger partial charge is 0.433 e. The molecule has 1 N–H and O–H groups in total. The molecule has 0 bridgehead atoms. The lowest BCUT2D eigenvalue weighted by atomic mass is 10.1. The molecule has 0 radical (unpaired) electrons. The van der Waals surface area contributed by atoms with Crippen LogP contribution in [0, 0.1) is 5.92 Å². The summed E-state index contributed by atoms with van der Waals surface area (Å²) < 4.78 is 37.0. The molecular formula is C12H11F3N2O3. The summed E-state index contributed by atoms with van der Waals surface area (Å²) in [5, 5.41) is 8.82. The van der Waals surface area contributed by atoms with Gasteiger partial charge in [0.1, 0.15) is 5.69 Å². The molecule has 8 heteroatoms. The van der Waals surface area contributed by atoms with E-state index in [2.05, 4.69) is 4.98 Å². The van der Waals surface area contributed by atoms with Gasteiger partial charge >= 0.3 is 12.1 Å². The number of nitrogens with zero attached hydrogens (tertiary/aromatic N) is 2. The quantitative estimate of drug-likeness (QED) is 0.915. The summed E-state index contributed by atoms with van der Waals surface area (Å²) in [5.74, 6) is -2.13. The van der Waals surface area contributed by atoms with E-state index in [9.17, 15) is 22.8 Å². The molecule has 1 amide bonds. The van der Waals surface area contributed by atoms with Gasteiger partial charge in [-0.2, -0.15) is 13.2 Å². The molecule has 1 atom stereocenters. The van der Waals surface area contributed by atoms with E-state index in [-0.39, 0.29) is 25.4 Å². The van der Waals surface area contributed by atoms with Crippen molar-refractivity contribution in [2.45, 2.75) is 19.1 Å². The number of rotatable bonds is 3. The minimum atomic E-state index is -4.50. The first-order valence-corrected chi connectivity index (χ1v) is 5.80. The van der Waals surface area contributed by atoms with Crippen molar-refractivity contribution in [2.75, 3.05) is 6.54 Å². The molecule has 1 aliphatic heterocycles. The summed E-state index contributed by atoms with van der Waals surface area (Å²) in [5.41, 5.74) is -0.574. The third-order valence-electron chi connectivity index (χ3n) is 3.05. The molecule has 1 aromatic heterocycles. The van der Waals surface area contributed by atoms with Crippen molar-refractivity contribution in [2.24, 2.45) is 5.92 Å². The molecule has 1 aliphatic rings. The van der Waals surface area contributed by atoms with Crippen molar-refractivity contribution in [1.29, 1.82) is 0 Å². The fourth-order valence-corrected chi connectivity index (χ4v) is 2.00. The second-order valence-electron chi connectivity index (χ2n) is 4.56. The van der Waals surface area contributed by atoms with Gasteiger partial charge in [-0.05, 0) is 11.6 Å². The maximum atomic E-state index is 12.3. The third-order valence-corrected chi connectivity index (χ3v) is 3.05. The van der Waals surface area contributed by atoms with Crippen LogP contribution in [-0.2, 0) is 22.3 Å². The Morgan fingerprint density at radius 1 is 1.45 bits per heavy atom. The van der Waals surface area contributed by atoms with Crippen LogP contribution >= 0.6 is 0 Å². The van der Waals surface area contributed by atoms with Crippen LogP contribution in [0.25, 0.3) is 0 Å². The van der Waals surface area contributed by atoms with Gasteiger partial charge in [-0.1, -0.05) is 6.07 Å². The van der Waals surface area contributed by atoms with Crippen LogP contribution in [0.1, 0.15) is 17.7 Å². The van der Waals surface area contributed by atoms with Crippen molar-refractivity contribution >= 4 is 11.9 Å². The molecule has 0 saturated carbocycles. The minimum absolute atomic E-state index is 0.0632. The molecule has 1 saturated heterocycles. The van der Waals surface area contributed by atoms with Crippen LogP contribution in [0.3, 0.4) is 0 Å². The van der Waals surface area contributed by atoms with Gasteiger partial charge < -0.3 is 10.0 Å². The van der Waals surface area contributed by atoms with Crippen molar-refractivity contribution in [3.8, 4) is 0 Å². The SMILES string of the molecule is O=C(O)[C@@H]1CC(=O)N(Cc2ccc(C(F)(F)F)nc2)C1. The van der Waals surface area contributed by atoms with E-state index in [4.69, 9.17) is 5.11 Å². The Morgan fingerprint density at radius 3 is 2.60 bits per heavy atom. The van der Waals surface area contributed by atoms with Crippen LogP contribution in [0.4, 0.5) is 13.2 Å². The number of aromatic nitrogens is 1. The Labute approximate surface area is 112 Å². The highest BCUT2D eigenvalue weighted by molar-refractivity contribution is 5.86. The number of pyridine rings is 1. The molecule has 0 unspecified atom stereocenters. The van der Waals surface area contributed by atoms with Crippen molar-refractivity contribution in [3.63, 3.8) is 0 Å². The molecule has 0 spiro atoms. The van der Waals surface area contributed by atoms with Crippen LogP contribution in [-0.4, -0.2) is 33.4 Å². The maximum absolute atomic E-state index is 12.3. The van der Waals surface area contributed by atoms with Crippen molar-refractivity contribution < 1.29 is 27.9 Å². The number of aliphatic carboxylic acids is 1. The van der Waals surface area contributed by atoms with Gasteiger partial charge in [0.15, 0.2) is 0 Å². The topological polar surface area (TPSA) is 70.5 Å². The summed E-state index contributed by atoms with van der Waals surface area (Å²) in [4.78, 5) is 27.0. The van der Waals surface area contributed by atoms with Crippen LogP contribution < -0.4 is 0 Å². The minimum Gasteiger partial charge on any atom is -0.481 e. The Balaban J connectivity index is 2.04. The van der Waals surface area contributed by atoms with Gasteiger partial charge in [0, 0.05) is 25.7 Å².